The van der Waals surface area contributed by atoms with Crippen LogP contribution in [0.5, 0.6) is 0 Å². The van der Waals surface area contributed by atoms with Crippen molar-refractivity contribution in [2.45, 2.75) is 31.7 Å². The number of anilines is 1. The van der Waals surface area contributed by atoms with Crippen molar-refractivity contribution in [2.24, 2.45) is 0 Å². The molecule has 0 amide bonds. The predicted molar refractivity (Wildman–Crippen MR) is 72.8 cm³/mol. The second-order valence-electron chi connectivity index (χ2n) is 4.84. The summed E-state index contributed by atoms with van der Waals surface area (Å²) in [6, 6.07) is 3.18. The van der Waals surface area contributed by atoms with Crippen molar-refractivity contribution in [1.82, 2.24) is 4.98 Å². The van der Waals surface area contributed by atoms with Crippen LogP contribution in [0.25, 0.3) is 0 Å². The molecule has 0 aromatic carbocycles. The molecule has 1 N–H and O–H groups in total. The van der Waals surface area contributed by atoms with Crippen molar-refractivity contribution >= 4 is 17.8 Å². The molecule has 108 valence electrons. The van der Waals surface area contributed by atoms with Gasteiger partial charge in [-0.3, -0.25) is 4.79 Å². The van der Waals surface area contributed by atoms with E-state index >= 15 is 0 Å². The largest absolute Gasteiger partial charge is 0.481 e. The summed E-state index contributed by atoms with van der Waals surface area (Å²) in [5.74, 6) is -0.592. The van der Waals surface area contributed by atoms with Crippen molar-refractivity contribution < 1.29 is 19.4 Å². The van der Waals surface area contributed by atoms with E-state index in [9.17, 15) is 9.59 Å². The zero-order chi connectivity index (χ0) is 14.5. The lowest BCUT2D eigenvalue weighted by atomic mass is 9.99. The van der Waals surface area contributed by atoms with Crippen LogP contribution in [-0.2, 0) is 9.53 Å². The minimum absolute atomic E-state index is 0.0679. The lowest BCUT2D eigenvalue weighted by Crippen LogP contribution is -2.41. The standard InChI is InChI=1S/C14H18N2O4/c1-20-14(19)10-5-6-15-12(8-10)16-7-3-2-4-11(16)9-13(17)18/h5-6,8,11H,2-4,7,9H2,1H3,(H,17,18). The number of pyridine rings is 1. The molecular formula is C14H18N2O4. The third kappa shape index (κ3) is 3.26. The van der Waals surface area contributed by atoms with E-state index in [0.717, 1.165) is 25.8 Å². The number of carbonyl (C=O) groups excluding carboxylic acids is 1. The Morgan fingerprint density at radius 2 is 2.30 bits per heavy atom. The van der Waals surface area contributed by atoms with Crippen LogP contribution in [0.1, 0.15) is 36.0 Å². The summed E-state index contributed by atoms with van der Waals surface area (Å²) >= 11 is 0. The Hall–Kier alpha value is -2.11. The van der Waals surface area contributed by atoms with Gasteiger partial charge in [-0.2, -0.15) is 0 Å². The number of hydrogen-bond donors (Lipinski definition) is 1. The number of carboxylic acid groups (broad SMARTS) is 1. The Morgan fingerprint density at radius 3 is 3.00 bits per heavy atom. The van der Waals surface area contributed by atoms with Gasteiger partial charge in [-0.1, -0.05) is 0 Å². The Kier molecular flexibility index (Phi) is 4.55. The first-order valence-electron chi connectivity index (χ1n) is 6.64. The lowest BCUT2D eigenvalue weighted by molar-refractivity contribution is -0.137. The highest BCUT2D eigenvalue weighted by Gasteiger charge is 2.26. The van der Waals surface area contributed by atoms with E-state index in [1.165, 1.54) is 7.11 Å². The highest BCUT2D eigenvalue weighted by Crippen LogP contribution is 2.25. The smallest absolute Gasteiger partial charge is 0.338 e. The van der Waals surface area contributed by atoms with Crippen LogP contribution < -0.4 is 4.90 Å². The van der Waals surface area contributed by atoms with Crippen LogP contribution in [0.4, 0.5) is 5.82 Å². The zero-order valence-corrected chi connectivity index (χ0v) is 11.4. The molecule has 0 saturated carbocycles. The molecule has 1 aromatic heterocycles. The molecule has 2 rings (SSSR count). The van der Waals surface area contributed by atoms with Crippen LogP contribution in [0, 0.1) is 0 Å². The fourth-order valence-corrected chi connectivity index (χ4v) is 2.54. The molecule has 1 aliphatic rings. The van der Waals surface area contributed by atoms with Gasteiger partial charge in [-0.15, -0.1) is 0 Å². The maximum atomic E-state index is 11.5. The maximum absolute atomic E-state index is 11.5. The number of rotatable bonds is 4. The summed E-state index contributed by atoms with van der Waals surface area (Å²) in [5, 5.41) is 8.99. The topological polar surface area (TPSA) is 79.7 Å². The Morgan fingerprint density at radius 1 is 1.50 bits per heavy atom. The summed E-state index contributed by atoms with van der Waals surface area (Å²) < 4.78 is 4.69. The zero-order valence-electron chi connectivity index (χ0n) is 11.4. The Bertz CT molecular complexity index is 504. The van der Waals surface area contributed by atoms with Gasteiger partial charge < -0.3 is 14.7 Å². The van der Waals surface area contributed by atoms with Gasteiger partial charge in [0.1, 0.15) is 5.82 Å². The predicted octanol–water partition coefficient (Wildman–Crippen LogP) is 1.70. The van der Waals surface area contributed by atoms with Crippen molar-refractivity contribution in [3.63, 3.8) is 0 Å². The van der Waals surface area contributed by atoms with E-state index in [4.69, 9.17) is 9.84 Å². The van der Waals surface area contributed by atoms with Crippen LogP contribution in [0.2, 0.25) is 0 Å². The molecule has 0 radical (unpaired) electrons. The van der Waals surface area contributed by atoms with Gasteiger partial charge in [-0.25, -0.2) is 9.78 Å². The van der Waals surface area contributed by atoms with Gasteiger partial charge in [-0.05, 0) is 31.4 Å². The SMILES string of the molecule is COC(=O)c1ccnc(N2CCCCC2CC(=O)O)c1. The van der Waals surface area contributed by atoms with E-state index < -0.39 is 11.9 Å². The number of carbonyl (C=O) groups is 2. The highest BCUT2D eigenvalue weighted by atomic mass is 16.5. The number of aromatic nitrogens is 1. The van der Waals surface area contributed by atoms with E-state index in [1.807, 2.05) is 4.90 Å². The summed E-state index contributed by atoms with van der Waals surface area (Å²) in [7, 11) is 1.33. The molecule has 1 fully saturated rings. The van der Waals surface area contributed by atoms with Gasteiger partial charge in [0, 0.05) is 18.8 Å². The van der Waals surface area contributed by atoms with Gasteiger partial charge in [0.2, 0.25) is 0 Å². The van der Waals surface area contributed by atoms with Crippen LogP contribution in [0.15, 0.2) is 18.3 Å². The van der Waals surface area contributed by atoms with Crippen LogP contribution in [0.3, 0.4) is 0 Å². The first-order chi connectivity index (χ1) is 9.61. The number of esters is 1. The first kappa shape index (κ1) is 14.3. The minimum atomic E-state index is -0.814. The van der Waals surface area contributed by atoms with Crippen LogP contribution in [-0.4, -0.2) is 41.7 Å². The van der Waals surface area contributed by atoms with E-state index in [2.05, 4.69) is 4.98 Å². The maximum Gasteiger partial charge on any atom is 0.338 e. The number of piperidine rings is 1. The summed E-state index contributed by atoms with van der Waals surface area (Å²) in [4.78, 5) is 28.7. The second kappa shape index (κ2) is 6.36. The molecule has 0 spiro atoms. The van der Waals surface area contributed by atoms with Gasteiger partial charge >= 0.3 is 11.9 Å². The third-order valence-electron chi connectivity index (χ3n) is 3.50. The summed E-state index contributed by atoms with van der Waals surface area (Å²) in [6.07, 6.45) is 4.49. The highest BCUT2D eigenvalue weighted by molar-refractivity contribution is 5.90. The van der Waals surface area contributed by atoms with Crippen molar-refractivity contribution in [3.8, 4) is 0 Å². The number of methoxy groups -OCH3 is 1. The third-order valence-corrected chi connectivity index (χ3v) is 3.50. The average molecular weight is 278 g/mol. The monoisotopic (exact) mass is 278 g/mol. The average Bonchev–Trinajstić information content (AvgIpc) is 2.46. The van der Waals surface area contributed by atoms with Crippen molar-refractivity contribution in [2.75, 3.05) is 18.6 Å². The minimum Gasteiger partial charge on any atom is -0.481 e. The Labute approximate surface area is 117 Å². The molecule has 1 atom stereocenters. The Balaban J connectivity index is 2.23. The molecular weight excluding hydrogens is 260 g/mol. The summed E-state index contributed by atoms with van der Waals surface area (Å²) in [6.45, 7) is 0.759. The normalized spacial score (nSPS) is 18.6. The molecule has 2 heterocycles. The quantitative estimate of drug-likeness (QED) is 0.844. The van der Waals surface area contributed by atoms with Gasteiger partial charge in [0.15, 0.2) is 0 Å². The number of nitrogens with zero attached hydrogens (tertiary/aromatic N) is 2. The van der Waals surface area contributed by atoms with E-state index in [-0.39, 0.29) is 12.5 Å². The number of hydrogen-bond acceptors (Lipinski definition) is 5. The molecule has 0 aliphatic carbocycles. The molecule has 1 aliphatic heterocycles. The fourth-order valence-electron chi connectivity index (χ4n) is 2.54. The van der Waals surface area contributed by atoms with E-state index in [1.54, 1.807) is 18.3 Å². The molecule has 6 heteroatoms. The van der Waals surface area contributed by atoms with Crippen LogP contribution >= 0.6 is 0 Å². The lowest BCUT2D eigenvalue weighted by Gasteiger charge is -2.36. The molecule has 1 unspecified atom stereocenters. The molecule has 20 heavy (non-hydrogen) atoms. The number of carboxylic acids is 1. The van der Waals surface area contributed by atoms with Crippen molar-refractivity contribution in [1.29, 1.82) is 0 Å². The van der Waals surface area contributed by atoms with Crippen molar-refractivity contribution in [3.05, 3.63) is 23.9 Å². The molecule has 1 saturated heterocycles. The molecule has 1 aromatic rings. The molecule has 6 nitrogen and oxygen atoms in total. The first-order valence-corrected chi connectivity index (χ1v) is 6.64. The number of aliphatic carboxylic acids is 1. The van der Waals surface area contributed by atoms with Gasteiger partial charge in [0.25, 0.3) is 0 Å². The fraction of sp³-hybridized carbons (Fsp3) is 0.500. The second-order valence-corrected chi connectivity index (χ2v) is 4.84. The van der Waals surface area contributed by atoms with E-state index in [0.29, 0.717) is 11.4 Å². The van der Waals surface area contributed by atoms with Gasteiger partial charge in [0.05, 0.1) is 19.1 Å². The number of ether oxygens (including phenoxy) is 1. The summed E-state index contributed by atoms with van der Waals surface area (Å²) in [5.41, 5.74) is 0.428. The molecule has 0 bridgehead atoms.